The molecule has 42 heavy (non-hydrogen) atoms. The molecule has 0 spiro atoms. The number of carbonyl (C=O) groups is 1. The number of anilines is 1. The number of benzene rings is 3. The van der Waals surface area contributed by atoms with Crippen LogP contribution in [-0.4, -0.2) is 23.9 Å². The highest BCUT2D eigenvalue weighted by molar-refractivity contribution is 7.89. The molecule has 4 aromatic rings. The SMILES string of the molecule is C[C@H](CC(=O)N(Cc1nccn1C)c1ccc2c(c1)[C@H](NS(=O)(=O)c1cccc([ClH+])c1)CCC2(C)C)c1ccccc1. The lowest BCUT2D eigenvalue weighted by Gasteiger charge is -2.38. The third kappa shape index (κ3) is 6.46. The molecule has 1 N–H and O–H groups in total. The summed E-state index contributed by atoms with van der Waals surface area (Å²) in [5.41, 5.74) is 3.64. The molecule has 0 radical (unpaired) electrons. The van der Waals surface area contributed by atoms with Gasteiger partial charge in [-0.3, -0.25) is 4.79 Å². The molecule has 2 atom stereocenters. The van der Waals surface area contributed by atoms with E-state index in [1.807, 2.05) is 66.3 Å². The summed E-state index contributed by atoms with van der Waals surface area (Å²) in [6, 6.07) is 22.0. The molecule has 0 fully saturated rings. The van der Waals surface area contributed by atoms with Gasteiger partial charge in [0.2, 0.25) is 21.0 Å². The number of imidazole rings is 1. The maximum Gasteiger partial charge on any atom is 0.241 e. The Morgan fingerprint density at radius 1 is 1.12 bits per heavy atom. The van der Waals surface area contributed by atoms with E-state index in [2.05, 4.69) is 30.5 Å². The quantitative estimate of drug-likeness (QED) is 0.256. The Balaban J connectivity index is 1.52. The summed E-state index contributed by atoms with van der Waals surface area (Å²) >= 11 is 5.22. The zero-order chi connectivity index (χ0) is 30.1. The largest absolute Gasteiger partial charge is 0.337 e. The molecule has 7 nitrogen and oxygen atoms in total. The minimum atomic E-state index is -3.82. The van der Waals surface area contributed by atoms with E-state index in [0.717, 1.165) is 34.6 Å². The zero-order valence-electron chi connectivity index (χ0n) is 24.4. The van der Waals surface area contributed by atoms with E-state index in [9.17, 15) is 13.2 Å². The molecular formula is C33H38ClN4O3S+. The van der Waals surface area contributed by atoms with Gasteiger partial charge in [-0.1, -0.05) is 63.2 Å². The predicted octanol–water partition coefficient (Wildman–Crippen LogP) is 5.93. The van der Waals surface area contributed by atoms with Crippen LogP contribution in [0.3, 0.4) is 0 Å². The molecule has 3 aromatic carbocycles. The van der Waals surface area contributed by atoms with Gasteiger partial charge in [-0.2, -0.15) is 0 Å². The van der Waals surface area contributed by atoms with E-state index in [4.69, 9.17) is 11.6 Å². The average molecular weight is 606 g/mol. The van der Waals surface area contributed by atoms with Gasteiger partial charge < -0.3 is 9.47 Å². The number of aryl methyl sites for hydroxylation is 1. The number of fused-ring (bicyclic) bond motifs is 1. The Bertz CT molecular complexity index is 1680. The molecule has 0 unspecified atom stereocenters. The highest BCUT2D eigenvalue weighted by Crippen LogP contribution is 2.43. The van der Waals surface area contributed by atoms with Crippen LogP contribution in [0.15, 0.2) is 90.1 Å². The molecule has 1 aliphatic carbocycles. The number of hydrogen-bond acceptors (Lipinski definition) is 4. The monoisotopic (exact) mass is 605 g/mol. The van der Waals surface area contributed by atoms with Gasteiger partial charge in [-0.15, -0.1) is 0 Å². The Morgan fingerprint density at radius 3 is 2.57 bits per heavy atom. The number of halogens is 1. The Hall–Kier alpha value is -3.46. The number of rotatable bonds is 9. The maximum atomic E-state index is 14.0. The van der Waals surface area contributed by atoms with Crippen LogP contribution in [0.4, 0.5) is 5.69 Å². The van der Waals surface area contributed by atoms with Gasteiger partial charge in [0.15, 0.2) is 11.6 Å². The van der Waals surface area contributed by atoms with Crippen LogP contribution in [0.25, 0.3) is 0 Å². The van der Waals surface area contributed by atoms with Crippen molar-refractivity contribution in [3.63, 3.8) is 0 Å². The second kappa shape index (κ2) is 12.0. The smallest absolute Gasteiger partial charge is 0.241 e. The van der Waals surface area contributed by atoms with Gasteiger partial charge in [0.25, 0.3) is 0 Å². The Labute approximate surface area is 253 Å². The number of carbonyl (C=O) groups excluding carboxylic acids is 1. The molecule has 220 valence electrons. The van der Waals surface area contributed by atoms with Crippen LogP contribution in [0.2, 0.25) is 5.02 Å². The van der Waals surface area contributed by atoms with E-state index >= 15 is 0 Å². The molecule has 1 heterocycles. The van der Waals surface area contributed by atoms with Crippen molar-refractivity contribution in [1.29, 1.82) is 0 Å². The third-order valence-corrected chi connectivity index (χ3v) is 10.0. The fourth-order valence-electron chi connectivity index (χ4n) is 5.72. The Morgan fingerprint density at radius 2 is 1.88 bits per heavy atom. The molecule has 0 saturated heterocycles. The van der Waals surface area contributed by atoms with E-state index in [0.29, 0.717) is 24.4 Å². The standard InChI is InChI=1S/C33H38ClN4O3S/c1-23(24-9-6-5-7-10-24)19-32(39)38(22-31-35-17-18-37(31)4)26-13-14-29-28(21-26)30(15-16-33(29,2)3)36-42(40,41)27-12-8-11-25(34)20-27/h5-14,17-18,20-21,23,30,34,36H,15-16,19,22H2,1-4H3/q+1/t23-,30-/m1/s1. The van der Waals surface area contributed by atoms with Crippen molar-refractivity contribution in [2.24, 2.45) is 7.05 Å². The number of nitrogens with one attached hydrogen (secondary N) is 1. The van der Waals surface area contributed by atoms with Crippen LogP contribution in [0.1, 0.15) is 74.5 Å². The van der Waals surface area contributed by atoms with E-state index in [1.54, 1.807) is 29.3 Å². The van der Waals surface area contributed by atoms with Crippen LogP contribution in [0, 0.1) is 11.6 Å². The molecule has 9 heteroatoms. The minimum Gasteiger partial charge on any atom is -0.337 e. The first-order valence-corrected chi connectivity index (χ1v) is 16.1. The van der Waals surface area contributed by atoms with Crippen molar-refractivity contribution < 1.29 is 24.8 Å². The summed E-state index contributed by atoms with van der Waals surface area (Å²) < 4.78 is 31.7. The van der Waals surface area contributed by atoms with Crippen LogP contribution in [-0.2, 0) is 33.8 Å². The number of aromatic nitrogens is 2. The van der Waals surface area contributed by atoms with Crippen LogP contribution >= 0.6 is 0 Å². The predicted molar refractivity (Wildman–Crippen MR) is 163 cm³/mol. The minimum absolute atomic E-state index is 0.0243. The van der Waals surface area contributed by atoms with Crippen molar-refractivity contribution in [3.05, 3.63) is 113 Å². The summed E-state index contributed by atoms with van der Waals surface area (Å²) in [7, 11) is -1.90. The highest BCUT2D eigenvalue weighted by atomic mass is 35.5. The first-order valence-electron chi connectivity index (χ1n) is 14.2. The normalized spacial score (nSPS) is 16.9. The number of nitrogens with zero attached hydrogens (tertiary/aromatic N) is 3. The molecular weight excluding hydrogens is 568 g/mol. The molecule has 1 aliphatic rings. The van der Waals surface area contributed by atoms with Crippen molar-refractivity contribution in [2.75, 3.05) is 4.90 Å². The lowest BCUT2D eigenvalue weighted by Crippen LogP contribution is -2.37. The molecule has 0 aliphatic heterocycles. The summed E-state index contributed by atoms with van der Waals surface area (Å²) in [5, 5.41) is 0.471. The van der Waals surface area contributed by atoms with Crippen molar-refractivity contribution in [2.45, 2.75) is 68.8 Å². The van der Waals surface area contributed by atoms with Gasteiger partial charge in [-0.25, -0.2) is 18.1 Å². The van der Waals surface area contributed by atoms with Gasteiger partial charge >= 0.3 is 0 Å². The van der Waals surface area contributed by atoms with Crippen LogP contribution < -0.4 is 9.62 Å². The fraction of sp³-hybridized carbons (Fsp3) is 0.333. The second-order valence-electron chi connectivity index (χ2n) is 11.8. The summed E-state index contributed by atoms with van der Waals surface area (Å²) in [5.74, 6) is 0.761. The molecule has 0 saturated carbocycles. The maximum absolute atomic E-state index is 14.0. The summed E-state index contributed by atoms with van der Waals surface area (Å²) in [6.07, 6.45) is 5.36. The van der Waals surface area contributed by atoms with E-state index in [-0.39, 0.29) is 22.1 Å². The fourth-order valence-corrected chi connectivity index (χ4v) is 7.30. The average Bonchev–Trinajstić information content (AvgIpc) is 3.37. The number of amides is 1. The summed E-state index contributed by atoms with van der Waals surface area (Å²) in [6.45, 7) is 6.71. The highest BCUT2D eigenvalue weighted by Gasteiger charge is 2.36. The first-order chi connectivity index (χ1) is 19.9. The number of hydrogen-bond donors (Lipinski definition) is 1. The van der Waals surface area contributed by atoms with Crippen molar-refractivity contribution in [3.8, 4) is 0 Å². The van der Waals surface area contributed by atoms with Gasteiger partial charge in [0.1, 0.15) is 5.82 Å². The van der Waals surface area contributed by atoms with E-state index < -0.39 is 16.1 Å². The van der Waals surface area contributed by atoms with Gasteiger partial charge in [0, 0.05) is 49.7 Å². The van der Waals surface area contributed by atoms with E-state index in [1.165, 1.54) is 6.07 Å². The zero-order valence-corrected chi connectivity index (χ0v) is 26.1. The topological polar surface area (TPSA) is 84.3 Å². The lowest BCUT2D eigenvalue weighted by atomic mass is 9.71. The van der Waals surface area contributed by atoms with Gasteiger partial charge in [0.05, 0.1) is 11.4 Å². The first kappa shape index (κ1) is 30.0. The molecule has 5 rings (SSSR count). The van der Waals surface area contributed by atoms with Crippen molar-refractivity contribution >= 4 is 21.6 Å². The summed E-state index contributed by atoms with van der Waals surface area (Å²) in [4.78, 5) is 20.4. The number of sulfonamides is 1. The second-order valence-corrected chi connectivity index (χ2v) is 14.0. The van der Waals surface area contributed by atoms with Gasteiger partial charge in [-0.05, 0) is 59.1 Å². The molecule has 1 amide bonds. The lowest BCUT2D eigenvalue weighted by molar-refractivity contribution is -0.289. The van der Waals surface area contributed by atoms with Crippen molar-refractivity contribution in [1.82, 2.24) is 14.3 Å². The third-order valence-electron chi connectivity index (χ3n) is 8.29. The molecule has 0 bridgehead atoms. The molecule has 1 aromatic heterocycles. The Kier molecular flexibility index (Phi) is 8.60. The van der Waals surface area contributed by atoms with Crippen LogP contribution in [0.5, 0.6) is 0 Å².